The molecule has 3 rings (SSSR count). The average molecular weight is 352 g/mol. The maximum atomic E-state index is 13.6. The Bertz CT molecular complexity index is 658. The van der Waals surface area contributed by atoms with E-state index in [2.05, 4.69) is 10.6 Å². The molecule has 8 heteroatoms. The zero-order valence-corrected chi connectivity index (χ0v) is 14.1. The lowest BCUT2D eigenvalue weighted by atomic mass is 10.2. The monoisotopic (exact) mass is 352 g/mol. The first kappa shape index (κ1) is 17.6. The Morgan fingerprint density at radius 2 is 1.84 bits per heavy atom. The normalized spacial score (nSPS) is 19.4. The van der Waals surface area contributed by atoms with Gasteiger partial charge in [0.05, 0.1) is 11.7 Å². The van der Waals surface area contributed by atoms with Gasteiger partial charge in [-0.05, 0) is 31.9 Å². The molecular formula is C17H22F2N4O2. The Morgan fingerprint density at radius 1 is 1.16 bits per heavy atom. The first-order chi connectivity index (χ1) is 11.9. The molecule has 2 aliphatic rings. The molecule has 0 spiro atoms. The number of benzene rings is 1. The van der Waals surface area contributed by atoms with E-state index < -0.39 is 17.7 Å². The molecule has 1 atom stereocenters. The Kier molecular flexibility index (Phi) is 5.17. The Labute approximate surface area is 145 Å². The minimum Gasteiger partial charge on any atom is -0.352 e. The van der Waals surface area contributed by atoms with Crippen LogP contribution < -0.4 is 10.6 Å². The third-order valence-corrected chi connectivity index (χ3v) is 4.62. The summed E-state index contributed by atoms with van der Waals surface area (Å²) in [6.07, 6.45) is 2.09. The summed E-state index contributed by atoms with van der Waals surface area (Å²) in [5.41, 5.74) is -0.176. The number of piperazine rings is 1. The molecule has 1 aliphatic heterocycles. The maximum absolute atomic E-state index is 13.6. The Hall–Kier alpha value is -2.22. The van der Waals surface area contributed by atoms with Gasteiger partial charge in [0.1, 0.15) is 11.6 Å². The van der Waals surface area contributed by atoms with Gasteiger partial charge >= 0.3 is 6.03 Å². The number of carbonyl (C=O) groups is 2. The molecule has 1 unspecified atom stereocenters. The third kappa shape index (κ3) is 4.45. The highest BCUT2D eigenvalue weighted by atomic mass is 19.1. The van der Waals surface area contributed by atoms with E-state index in [0.717, 1.165) is 31.0 Å². The zero-order chi connectivity index (χ0) is 18.0. The van der Waals surface area contributed by atoms with Crippen LogP contribution in [0.1, 0.15) is 19.8 Å². The predicted molar refractivity (Wildman–Crippen MR) is 89.1 cm³/mol. The van der Waals surface area contributed by atoms with Crippen molar-refractivity contribution in [3.63, 3.8) is 0 Å². The van der Waals surface area contributed by atoms with Crippen LogP contribution in [0, 0.1) is 11.6 Å². The van der Waals surface area contributed by atoms with Gasteiger partial charge in [-0.15, -0.1) is 0 Å². The number of hydrogen-bond acceptors (Lipinski definition) is 3. The highest BCUT2D eigenvalue weighted by Crippen LogP contribution is 2.20. The summed E-state index contributed by atoms with van der Waals surface area (Å²) in [7, 11) is 0. The molecule has 1 aromatic carbocycles. The van der Waals surface area contributed by atoms with E-state index in [1.165, 1.54) is 4.90 Å². The van der Waals surface area contributed by atoms with E-state index in [1.54, 1.807) is 0 Å². The van der Waals surface area contributed by atoms with Crippen molar-refractivity contribution in [2.45, 2.75) is 31.8 Å². The summed E-state index contributed by atoms with van der Waals surface area (Å²) < 4.78 is 26.8. The molecule has 25 heavy (non-hydrogen) atoms. The molecule has 1 aliphatic carbocycles. The Morgan fingerprint density at radius 3 is 2.48 bits per heavy atom. The molecule has 6 nitrogen and oxygen atoms in total. The topological polar surface area (TPSA) is 64.7 Å². The smallest absolute Gasteiger partial charge is 0.322 e. The molecule has 136 valence electrons. The fraction of sp³-hybridized carbons (Fsp3) is 0.529. The number of urea groups is 1. The van der Waals surface area contributed by atoms with E-state index in [4.69, 9.17) is 0 Å². The zero-order valence-electron chi connectivity index (χ0n) is 14.1. The van der Waals surface area contributed by atoms with Gasteiger partial charge < -0.3 is 15.5 Å². The second kappa shape index (κ2) is 7.35. The van der Waals surface area contributed by atoms with Gasteiger partial charge in [-0.2, -0.15) is 0 Å². The summed E-state index contributed by atoms with van der Waals surface area (Å²) in [5.74, 6) is -1.28. The number of nitrogens with zero attached hydrogens (tertiary/aromatic N) is 2. The quantitative estimate of drug-likeness (QED) is 0.868. The number of hydrogen-bond donors (Lipinski definition) is 2. The van der Waals surface area contributed by atoms with Crippen LogP contribution in [0.25, 0.3) is 0 Å². The summed E-state index contributed by atoms with van der Waals surface area (Å²) >= 11 is 0. The van der Waals surface area contributed by atoms with Gasteiger partial charge in [0.2, 0.25) is 5.91 Å². The molecule has 0 aromatic heterocycles. The second-order valence-corrected chi connectivity index (χ2v) is 6.54. The number of rotatable bonds is 4. The highest BCUT2D eigenvalue weighted by molar-refractivity contribution is 5.89. The van der Waals surface area contributed by atoms with Gasteiger partial charge in [0.25, 0.3) is 0 Å². The van der Waals surface area contributed by atoms with Gasteiger partial charge in [0, 0.05) is 38.3 Å². The van der Waals surface area contributed by atoms with Crippen LogP contribution in [0.15, 0.2) is 18.2 Å². The lowest BCUT2D eigenvalue weighted by Gasteiger charge is -2.37. The molecule has 1 saturated carbocycles. The first-order valence-corrected chi connectivity index (χ1v) is 8.49. The fourth-order valence-electron chi connectivity index (χ4n) is 2.82. The fourth-order valence-corrected chi connectivity index (χ4v) is 2.82. The van der Waals surface area contributed by atoms with Crippen LogP contribution in [0.5, 0.6) is 0 Å². The minimum atomic E-state index is -0.682. The molecule has 2 fully saturated rings. The first-order valence-electron chi connectivity index (χ1n) is 8.49. The highest BCUT2D eigenvalue weighted by Gasteiger charge is 2.31. The molecular weight excluding hydrogens is 330 g/mol. The summed E-state index contributed by atoms with van der Waals surface area (Å²) in [6, 6.07) is 2.53. The van der Waals surface area contributed by atoms with Gasteiger partial charge in [-0.3, -0.25) is 9.69 Å². The largest absolute Gasteiger partial charge is 0.352 e. The summed E-state index contributed by atoms with van der Waals surface area (Å²) in [6.45, 7) is 3.81. The predicted octanol–water partition coefficient (Wildman–Crippen LogP) is 1.78. The number of halogens is 2. The summed E-state index contributed by atoms with van der Waals surface area (Å²) in [5, 5.41) is 5.37. The molecule has 1 aromatic rings. The molecule has 3 amide bonds. The SMILES string of the molecule is CC(C(=O)NC1CC1)N1CCN(C(=O)Nc2cc(F)ccc2F)CC1. The lowest BCUT2D eigenvalue weighted by Crippen LogP contribution is -2.55. The van der Waals surface area contributed by atoms with Crippen molar-refractivity contribution in [1.29, 1.82) is 0 Å². The third-order valence-electron chi connectivity index (χ3n) is 4.62. The van der Waals surface area contributed by atoms with Crippen LogP contribution in [0.4, 0.5) is 19.3 Å². The molecule has 0 bridgehead atoms. The van der Waals surface area contributed by atoms with Crippen LogP contribution in [-0.4, -0.2) is 60.0 Å². The van der Waals surface area contributed by atoms with E-state index in [1.807, 2.05) is 11.8 Å². The molecule has 0 radical (unpaired) electrons. The van der Waals surface area contributed by atoms with Crippen molar-refractivity contribution in [1.82, 2.24) is 15.1 Å². The van der Waals surface area contributed by atoms with Gasteiger partial charge in [0.15, 0.2) is 0 Å². The average Bonchev–Trinajstić information content (AvgIpc) is 3.41. The van der Waals surface area contributed by atoms with Gasteiger partial charge in [-0.25, -0.2) is 13.6 Å². The molecule has 1 saturated heterocycles. The Balaban J connectivity index is 1.50. The van der Waals surface area contributed by atoms with Crippen molar-refractivity contribution in [3.05, 3.63) is 29.8 Å². The summed E-state index contributed by atoms with van der Waals surface area (Å²) in [4.78, 5) is 27.9. The van der Waals surface area contributed by atoms with Crippen LogP contribution in [-0.2, 0) is 4.79 Å². The lowest BCUT2D eigenvalue weighted by molar-refractivity contribution is -0.126. The number of carbonyl (C=O) groups excluding carboxylic acids is 2. The van der Waals surface area contributed by atoms with E-state index >= 15 is 0 Å². The van der Waals surface area contributed by atoms with Crippen molar-refractivity contribution < 1.29 is 18.4 Å². The van der Waals surface area contributed by atoms with Crippen molar-refractivity contribution in [3.8, 4) is 0 Å². The maximum Gasteiger partial charge on any atom is 0.322 e. The van der Waals surface area contributed by atoms with Crippen molar-refractivity contribution in [2.75, 3.05) is 31.5 Å². The van der Waals surface area contributed by atoms with E-state index in [0.29, 0.717) is 32.2 Å². The van der Waals surface area contributed by atoms with Crippen molar-refractivity contribution >= 4 is 17.6 Å². The van der Waals surface area contributed by atoms with Crippen molar-refractivity contribution in [2.24, 2.45) is 0 Å². The van der Waals surface area contributed by atoms with E-state index in [9.17, 15) is 18.4 Å². The standard InChI is InChI=1S/C17H22F2N4O2/c1-11(16(24)20-13-3-4-13)22-6-8-23(9-7-22)17(25)21-15-10-12(18)2-5-14(15)19/h2,5,10-11,13H,3-4,6-9H2,1H3,(H,20,24)(H,21,25). The second-order valence-electron chi connectivity index (χ2n) is 6.54. The number of anilines is 1. The van der Waals surface area contributed by atoms with Crippen LogP contribution in [0.2, 0.25) is 0 Å². The minimum absolute atomic E-state index is 0.0160. The molecule has 1 heterocycles. The van der Waals surface area contributed by atoms with Crippen LogP contribution >= 0.6 is 0 Å². The van der Waals surface area contributed by atoms with Crippen LogP contribution in [0.3, 0.4) is 0 Å². The van der Waals surface area contributed by atoms with E-state index in [-0.39, 0.29) is 17.6 Å². The number of nitrogens with one attached hydrogen (secondary N) is 2. The number of amides is 3. The van der Waals surface area contributed by atoms with Gasteiger partial charge in [-0.1, -0.05) is 0 Å². The molecule has 2 N–H and O–H groups in total.